The zero-order valence-electron chi connectivity index (χ0n) is 17.6. The van der Waals surface area contributed by atoms with E-state index in [1.54, 1.807) is 12.4 Å². The summed E-state index contributed by atoms with van der Waals surface area (Å²) in [6.07, 6.45) is 8.57. The van der Waals surface area contributed by atoms with Crippen LogP contribution in [0.25, 0.3) is 5.69 Å². The van der Waals surface area contributed by atoms with Gasteiger partial charge in [0.2, 0.25) is 0 Å². The molecule has 0 spiro atoms. The van der Waals surface area contributed by atoms with Crippen molar-refractivity contribution >= 4 is 11.8 Å². The molecule has 3 rings (SSSR count). The van der Waals surface area contributed by atoms with E-state index >= 15 is 0 Å². The van der Waals surface area contributed by atoms with Crippen LogP contribution in [-0.2, 0) is 6.42 Å². The van der Waals surface area contributed by atoms with E-state index in [0.29, 0.717) is 0 Å². The summed E-state index contributed by atoms with van der Waals surface area (Å²) in [5, 5.41) is 14.3. The zero-order chi connectivity index (χ0) is 20.9. The molecule has 158 valence electrons. The van der Waals surface area contributed by atoms with Crippen LogP contribution in [0.5, 0.6) is 0 Å². The second kappa shape index (κ2) is 12.3. The smallest absolute Gasteiger partial charge is 0.191 e. The fourth-order valence-electron chi connectivity index (χ4n) is 3.02. The number of pyridine rings is 1. The van der Waals surface area contributed by atoms with Crippen molar-refractivity contribution in [3.05, 3.63) is 72.7 Å². The molecule has 0 saturated heterocycles. The number of hydrogen-bond acceptors (Lipinski definition) is 4. The lowest BCUT2D eigenvalue weighted by Gasteiger charge is -2.11. The Morgan fingerprint density at radius 3 is 2.60 bits per heavy atom. The number of rotatable bonds is 11. The van der Waals surface area contributed by atoms with Gasteiger partial charge in [0.25, 0.3) is 0 Å². The normalized spacial score (nSPS) is 11.3. The van der Waals surface area contributed by atoms with Gasteiger partial charge in [-0.05, 0) is 62.1 Å². The molecule has 3 aromatic rings. The van der Waals surface area contributed by atoms with Crippen molar-refractivity contribution in [2.45, 2.75) is 26.2 Å². The average Bonchev–Trinajstić information content (AvgIpc) is 3.32. The van der Waals surface area contributed by atoms with Crippen LogP contribution in [0.15, 0.2) is 72.1 Å². The van der Waals surface area contributed by atoms with Gasteiger partial charge in [-0.1, -0.05) is 18.2 Å². The molecular formula is C23H31N7. The van der Waals surface area contributed by atoms with Gasteiger partial charge in [-0.25, -0.2) is 9.67 Å². The lowest BCUT2D eigenvalue weighted by Crippen LogP contribution is -2.38. The summed E-state index contributed by atoms with van der Waals surface area (Å²) in [4.78, 5) is 8.94. The van der Waals surface area contributed by atoms with Crippen LogP contribution in [0.2, 0.25) is 0 Å². The topological polar surface area (TPSA) is 79.2 Å². The molecule has 7 heteroatoms. The van der Waals surface area contributed by atoms with Gasteiger partial charge in [-0.3, -0.25) is 4.99 Å². The lowest BCUT2D eigenvalue weighted by atomic mass is 10.1. The van der Waals surface area contributed by atoms with Gasteiger partial charge in [-0.2, -0.15) is 5.10 Å². The molecule has 0 bridgehead atoms. The Hall–Kier alpha value is -3.35. The van der Waals surface area contributed by atoms with E-state index in [0.717, 1.165) is 62.9 Å². The average molecular weight is 406 g/mol. The molecule has 2 aromatic heterocycles. The van der Waals surface area contributed by atoms with Gasteiger partial charge in [0.15, 0.2) is 5.96 Å². The Balaban J connectivity index is 1.35. The molecule has 2 heterocycles. The van der Waals surface area contributed by atoms with Crippen LogP contribution in [-0.4, -0.2) is 46.9 Å². The first-order chi connectivity index (χ1) is 14.8. The highest BCUT2D eigenvalue weighted by atomic mass is 15.3. The highest BCUT2D eigenvalue weighted by Crippen LogP contribution is 2.08. The molecule has 0 aliphatic rings. The molecule has 0 radical (unpaired) electrons. The van der Waals surface area contributed by atoms with Gasteiger partial charge in [0.05, 0.1) is 5.69 Å². The maximum atomic E-state index is 4.68. The van der Waals surface area contributed by atoms with Crippen LogP contribution < -0.4 is 16.0 Å². The predicted octanol–water partition coefficient (Wildman–Crippen LogP) is 3.26. The van der Waals surface area contributed by atoms with Gasteiger partial charge < -0.3 is 16.0 Å². The Morgan fingerprint density at radius 2 is 1.87 bits per heavy atom. The first-order valence-electron chi connectivity index (χ1n) is 10.6. The minimum atomic E-state index is 0.803. The lowest BCUT2D eigenvalue weighted by molar-refractivity contribution is 0.750. The third-order valence-corrected chi connectivity index (χ3v) is 4.58. The van der Waals surface area contributed by atoms with Gasteiger partial charge in [-0.15, -0.1) is 0 Å². The van der Waals surface area contributed by atoms with Crippen LogP contribution >= 0.6 is 0 Å². The van der Waals surface area contributed by atoms with E-state index in [1.165, 1.54) is 5.56 Å². The minimum Gasteiger partial charge on any atom is -0.370 e. The SMILES string of the molecule is CCNC(=NCCCCNc1ccccn1)NCCc1ccc(-n2cccn2)cc1. The first-order valence-corrected chi connectivity index (χ1v) is 10.6. The fourth-order valence-corrected chi connectivity index (χ4v) is 3.02. The monoisotopic (exact) mass is 405 g/mol. The van der Waals surface area contributed by atoms with Crippen molar-refractivity contribution in [1.82, 2.24) is 25.4 Å². The van der Waals surface area contributed by atoms with E-state index in [4.69, 9.17) is 0 Å². The number of nitrogens with zero attached hydrogens (tertiary/aromatic N) is 4. The first kappa shape index (κ1) is 21.4. The fraction of sp³-hybridized carbons (Fsp3) is 0.348. The van der Waals surface area contributed by atoms with Gasteiger partial charge in [0.1, 0.15) is 5.82 Å². The summed E-state index contributed by atoms with van der Waals surface area (Å²) in [6, 6.07) is 16.3. The summed E-state index contributed by atoms with van der Waals surface area (Å²) >= 11 is 0. The van der Waals surface area contributed by atoms with Crippen molar-refractivity contribution in [1.29, 1.82) is 0 Å². The van der Waals surface area contributed by atoms with Crippen LogP contribution in [0, 0.1) is 0 Å². The molecule has 0 saturated carbocycles. The van der Waals surface area contributed by atoms with Crippen LogP contribution in [0.1, 0.15) is 25.3 Å². The third-order valence-electron chi connectivity index (χ3n) is 4.58. The van der Waals surface area contributed by atoms with E-state index in [2.05, 4.69) is 62.2 Å². The molecule has 0 aliphatic carbocycles. The molecular weight excluding hydrogens is 374 g/mol. The summed E-state index contributed by atoms with van der Waals surface area (Å²) in [5.74, 6) is 1.80. The number of benzene rings is 1. The Bertz CT molecular complexity index is 858. The van der Waals surface area contributed by atoms with Crippen molar-refractivity contribution in [2.75, 3.05) is 31.5 Å². The highest BCUT2D eigenvalue weighted by molar-refractivity contribution is 5.79. The second-order valence-corrected chi connectivity index (χ2v) is 6.90. The van der Waals surface area contributed by atoms with Crippen LogP contribution in [0.4, 0.5) is 5.82 Å². The second-order valence-electron chi connectivity index (χ2n) is 6.90. The minimum absolute atomic E-state index is 0.803. The molecule has 0 amide bonds. The number of nitrogens with one attached hydrogen (secondary N) is 3. The number of hydrogen-bond donors (Lipinski definition) is 3. The molecule has 3 N–H and O–H groups in total. The number of guanidine groups is 1. The predicted molar refractivity (Wildman–Crippen MR) is 123 cm³/mol. The Morgan fingerprint density at radius 1 is 0.967 bits per heavy atom. The number of aromatic nitrogens is 3. The standard InChI is InChI=1S/C23H31N7/c1-2-24-23(27-16-6-5-15-26-22-8-3-4-14-25-22)28-18-13-20-9-11-21(12-10-20)30-19-7-17-29-30/h3-4,7-12,14,17,19H,2,5-6,13,15-16,18H2,1H3,(H,25,26)(H2,24,27,28). The number of unbranched alkanes of at least 4 members (excludes halogenated alkanes) is 1. The maximum absolute atomic E-state index is 4.68. The van der Waals surface area contributed by atoms with E-state index in [9.17, 15) is 0 Å². The largest absolute Gasteiger partial charge is 0.370 e. The Kier molecular flexibility index (Phi) is 8.73. The highest BCUT2D eigenvalue weighted by Gasteiger charge is 2.00. The zero-order valence-corrected chi connectivity index (χ0v) is 17.6. The van der Waals surface area contributed by atoms with Crippen LogP contribution in [0.3, 0.4) is 0 Å². The Labute approximate surface area is 178 Å². The summed E-state index contributed by atoms with van der Waals surface area (Å²) in [6.45, 7) is 5.49. The molecule has 1 aromatic carbocycles. The van der Waals surface area contributed by atoms with Crippen molar-refractivity contribution in [3.63, 3.8) is 0 Å². The van der Waals surface area contributed by atoms with Crippen molar-refractivity contribution in [3.8, 4) is 5.69 Å². The molecule has 0 fully saturated rings. The quantitative estimate of drug-likeness (QED) is 0.259. The molecule has 0 aliphatic heterocycles. The molecule has 7 nitrogen and oxygen atoms in total. The third kappa shape index (κ3) is 7.24. The van der Waals surface area contributed by atoms with Gasteiger partial charge in [0, 0.05) is 44.8 Å². The summed E-state index contributed by atoms with van der Waals surface area (Å²) < 4.78 is 1.86. The summed E-state index contributed by atoms with van der Waals surface area (Å²) in [5.41, 5.74) is 2.36. The summed E-state index contributed by atoms with van der Waals surface area (Å²) in [7, 11) is 0. The molecule has 0 atom stereocenters. The molecule has 0 unspecified atom stereocenters. The van der Waals surface area contributed by atoms with E-state index in [1.807, 2.05) is 35.1 Å². The van der Waals surface area contributed by atoms with Crippen molar-refractivity contribution in [2.24, 2.45) is 4.99 Å². The number of anilines is 1. The van der Waals surface area contributed by atoms with E-state index in [-0.39, 0.29) is 0 Å². The molecule has 30 heavy (non-hydrogen) atoms. The van der Waals surface area contributed by atoms with Crippen molar-refractivity contribution < 1.29 is 0 Å². The van der Waals surface area contributed by atoms with E-state index < -0.39 is 0 Å². The van der Waals surface area contributed by atoms with Gasteiger partial charge >= 0.3 is 0 Å². The maximum Gasteiger partial charge on any atom is 0.191 e. The number of aliphatic imine (C=N–C) groups is 1.